The molecule has 2 nitrogen and oxygen atoms in total. The number of methoxy groups -OCH3 is 1. The van der Waals surface area contributed by atoms with Crippen molar-refractivity contribution >= 4 is 5.78 Å². The van der Waals surface area contributed by atoms with Gasteiger partial charge in [0.1, 0.15) is 11.5 Å². The van der Waals surface area contributed by atoms with Crippen LogP contribution in [0.5, 0.6) is 5.75 Å². The molecule has 2 rings (SSSR count). The maximum Gasteiger partial charge on any atom is 0.130 e. The highest BCUT2D eigenvalue weighted by Gasteiger charge is 2.51. The number of ketones is 1. The Balaban J connectivity index is 2.64. The number of carbonyl (C=O) groups is 1. The van der Waals surface area contributed by atoms with E-state index in [0.717, 1.165) is 18.6 Å². The van der Waals surface area contributed by atoms with E-state index in [1.54, 1.807) is 14.0 Å². The predicted octanol–water partition coefficient (Wildman–Crippen LogP) is 4.43. The van der Waals surface area contributed by atoms with E-state index >= 15 is 0 Å². The summed E-state index contributed by atoms with van der Waals surface area (Å²) in [6.07, 6.45) is 4.02. The summed E-state index contributed by atoms with van der Waals surface area (Å²) < 4.78 is 5.60. The highest BCUT2D eigenvalue weighted by atomic mass is 16.5. The van der Waals surface area contributed by atoms with Gasteiger partial charge in [-0.05, 0) is 38.2 Å². The van der Waals surface area contributed by atoms with Gasteiger partial charge in [0.05, 0.1) is 7.11 Å². The van der Waals surface area contributed by atoms with Crippen LogP contribution >= 0.6 is 0 Å². The van der Waals surface area contributed by atoms with Crippen LogP contribution in [0.25, 0.3) is 0 Å². The van der Waals surface area contributed by atoms with Crippen LogP contribution in [0.15, 0.2) is 18.2 Å². The van der Waals surface area contributed by atoms with Crippen molar-refractivity contribution in [1.82, 2.24) is 0 Å². The Kier molecular flexibility index (Phi) is 3.95. The first-order valence-corrected chi connectivity index (χ1v) is 7.47. The molecule has 0 saturated heterocycles. The number of rotatable bonds is 4. The van der Waals surface area contributed by atoms with Crippen molar-refractivity contribution < 1.29 is 9.53 Å². The number of ether oxygens (including phenoxy) is 1. The first kappa shape index (κ1) is 15.1. The molecule has 2 heteroatoms. The van der Waals surface area contributed by atoms with E-state index in [0.29, 0.717) is 6.42 Å². The third kappa shape index (κ3) is 2.36. The van der Waals surface area contributed by atoms with Crippen LogP contribution in [0.4, 0.5) is 0 Å². The lowest BCUT2D eigenvalue weighted by atomic mass is 9.61. The molecule has 20 heavy (non-hydrogen) atoms. The van der Waals surface area contributed by atoms with Gasteiger partial charge in [-0.15, -0.1) is 0 Å². The zero-order valence-electron chi connectivity index (χ0n) is 13.4. The molecule has 0 amide bonds. The van der Waals surface area contributed by atoms with Gasteiger partial charge in [-0.3, -0.25) is 4.79 Å². The average molecular weight is 274 g/mol. The third-order valence-electron chi connectivity index (χ3n) is 5.12. The molecule has 0 aliphatic heterocycles. The zero-order chi connectivity index (χ0) is 15.0. The van der Waals surface area contributed by atoms with Crippen LogP contribution in [0.1, 0.15) is 57.6 Å². The minimum atomic E-state index is -0.0871. The van der Waals surface area contributed by atoms with Crippen LogP contribution in [0.3, 0.4) is 0 Å². The van der Waals surface area contributed by atoms with Gasteiger partial charge in [0.15, 0.2) is 0 Å². The molecule has 1 fully saturated rings. The Morgan fingerprint density at radius 2 is 2.00 bits per heavy atom. The normalized spacial score (nSPS) is 24.6. The highest BCUT2D eigenvalue weighted by molar-refractivity contribution is 5.78. The van der Waals surface area contributed by atoms with Crippen molar-refractivity contribution in [2.75, 3.05) is 7.11 Å². The standard InChI is InChI=1S/C18H26O2/c1-13-7-8-16(20-5)15(11-13)18(12-14(2)19)10-6-9-17(18,3)4/h7-8,11H,6,9-10,12H2,1-5H3. The van der Waals surface area contributed by atoms with Crippen molar-refractivity contribution in [1.29, 1.82) is 0 Å². The molecule has 0 spiro atoms. The zero-order valence-corrected chi connectivity index (χ0v) is 13.4. The van der Waals surface area contributed by atoms with Gasteiger partial charge in [0.25, 0.3) is 0 Å². The Morgan fingerprint density at radius 1 is 1.30 bits per heavy atom. The monoisotopic (exact) mass is 274 g/mol. The third-order valence-corrected chi connectivity index (χ3v) is 5.12. The summed E-state index contributed by atoms with van der Waals surface area (Å²) in [5, 5.41) is 0. The molecule has 1 aromatic carbocycles. The second kappa shape index (κ2) is 5.23. The van der Waals surface area contributed by atoms with Gasteiger partial charge >= 0.3 is 0 Å². The van der Waals surface area contributed by atoms with Crippen LogP contribution < -0.4 is 4.74 Å². The van der Waals surface area contributed by atoms with E-state index in [2.05, 4.69) is 32.9 Å². The largest absolute Gasteiger partial charge is 0.496 e. The lowest BCUT2D eigenvalue weighted by Crippen LogP contribution is -2.39. The highest BCUT2D eigenvalue weighted by Crippen LogP contribution is 2.58. The van der Waals surface area contributed by atoms with Gasteiger partial charge in [-0.2, -0.15) is 0 Å². The smallest absolute Gasteiger partial charge is 0.130 e. The number of aryl methyl sites for hydroxylation is 1. The topological polar surface area (TPSA) is 26.3 Å². The summed E-state index contributed by atoms with van der Waals surface area (Å²) in [4.78, 5) is 11.9. The molecule has 1 atom stereocenters. The molecule has 1 aromatic rings. The van der Waals surface area contributed by atoms with E-state index in [-0.39, 0.29) is 16.6 Å². The van der Waals surface area contributed by atoms with E-state index in [1.165, 1.54) is 17.5 Å². The van der Waals surface area contributed by atoms with Gasteiger partial charge in [-0.1, -0.05) is 38.0 Å². The summed E-state index contributed by atoms with van der Waals surface area (Å²) in [6, 6.07) is 6.33. The minimum Gasteiger partial charge on any atom is -0.496 e. The van der Waals surface area contributed by atoms with E-state index in [4.69, 9.17) is 4.74 Å². The molecule has 1 aliphatic carbocycles. The molecule has 0 heterocycles. The molecular weight excluding hydrogens is 248 g/mol. The summed E-state index contributed by atoms with van der Waals surface area (Å²) in [5.41, 5.74) is 2.49. The van der Waals surface area contributed by atoms with Crippen molar-refractivity contribution in [3.63, 3.8) is 0 Å². The Labute approximate surface area is 122 Å². The summed E-state index contributed by atoms with van der Waals surface area (Å²) in [6.45, 7) is 8.40. The maximum atomic E-state index is 11.9. The first-order valence-electron chi connectivity index (χ1n) is 7.47. The SMILES string of the molecule is COc1ccc(C)cc1C1(CC(C)=O)CCCC1(C)C. The Hall–Kier alpha value is -1.31. The number of hydrogen-bond donors (Lipinski definition) is 0. The molecular formula is C18H26O2. The Morgan fingerprint density at radius 3 is 2.50 bits per heavy atom. The number of Topliss-reactive ketones (excluding diaryl/α,β-unsaturated/α-hetero) is 1. The van der Waals surface area contributed by atoms with E-state index < -0.39 is 0 Å². The quantitative estimate of drug-likeness (QED) is 0.812. The average Bonchev–Trinajstić information content (AvgIpc) is 2.64. The van der Waals surface area contributed by atoms with Crippen LogP contribution in [0, 0.1) is 12.3 Å². The second-order valence-corrected chi connectivity index (χ2v) is 6.90. The molecule has 0 aromatic heterocycles. The molecule has 1 unspecified atom stereocenters. The van der Waals surface area contributed by atoms with Crippen molar-refractivity contribution in [2.45, 2.75) is 58.8 Å². The predicted molar refractivity (Wildman–Crippen MR) is 82.3 cm³/mol. The fourth-order valence-electron chi connectivity index (χ4n) is 3.95. The van der Waals surface area contributed by atoms with Gasteiger partial charge in [0.2, 0.25) is 0 Å². The van der Waals surface area contributed by atoms with Crippen molar-refractivity contribution in [2.24, 2.45) is 5.41 Å². The minimum absolute atomic E-state index is 0.0871. The molecule has 0 radical (unpaired) electrons. The van der Waals surface area contributed by atoms with Crippen LogP contribution in [-0.2, 0) is 10.2 Å². The van der Waals surface area contributed by atoms with Crippen molar-refractivity contribution in [3.05, 3.63) is 29.3 Å². The van der Waals surface area contributed by atoms with Gasteiger partial charge < -0.3 is 4.74 Å². The van der Waals surface area contributed by atoms with E-state index in [1.807, 2.05) is 6.07 Å². The lowest BCUT2D eigenvalue weighted by molar-refractivity contribution is -0.119. The number of hydrogen-bond acceptors (Lipinski definition) is 2. The first-order chi connectivity index (χ1) is 9.32. The maximum absolute atomic E-state index is 11.9. The molecule has 1 saturated carbocycles. The summed E-state index contributed by atoms with van der Waals surface area (Å²) in [5.74, 6) is 1.19. The van der Waals surface area contributed by atoms with Gasteiger partial charge in [-0.25, -0.2) is 0 Å². The molecule has 0 bridgehead atoms. The lowest BCUT2D eigenvalue weighted by Gasteiger charge is -2.42. The van der Waals surface area contributed by atoms with Gasteiger partial charge in [0, 0.05) is 17.4 Å². The fourth-order valence-corrected chi connectivity index (χ4v) is 3.95. The summed E-state index contributed by atoms with van der Waals surface area (Å²) >= 11 is 0. The van der Waals surface area contributed by atoms with E-state index in [9.17, 15) is 4.79 Å². The molecule has 0 N–H and O–H groups in total. The summed E-state index contributed by atoms with van der Waals surface area (Å²) in [7, 11) is 1.72. The number of benzene rings is 1. The molecule has 110 valence electrons. The fraction of sp³-hybridized carbons (Fsp3) is 0.611. The van der Waals surface area contributed by atoms with Crippen molar-refractivity contribution in [3.8, 4) is 5.75 Å². The Bertz CT molecular complexity index is 516. The molecule has 1 aliphatic rings. The second-order valence-electron chi connectivity index (χ2n) is 6.90. The van der Waals surface area contributed by atoms with Crippen LogP contribution in [-0.4, -0.2) is 12.9 Å². The number of carbonyl (C=O) groups excluding carboxylic acids is 1. The van der Waals surface area contributed by atoms with Crippen LogP contribution in [0.2, 0.25) is 0 Å².